The second kappa shape index (κ2) is 7.21. The van der Waals surface area contributed by atoms with Crippen molar-refractivity contribution >= 4 is 0 Å². The molecule has 20 heavy (non-hydrogen) atoms. The van der Waals surface area contributed by atoms with Gasteiger partial charge in [0, 0.05) is 12.8 Å². The highest BCUT2D eigenvalue weighted by Crippen LogP contribution is 2.27. The number of hydrogen-bond acceptors (Lipinski definition) is 4. The van der Waals surface area contributed by atoms with Crippen LogP contribution in [0.2, 0.25) is 0 Å². The second-order valence-electron chi connectivity index (χ2n) is 6.56. The smallest absolute Gasteiger partial charge is 0.226 e. The van der Waals surface area contributed by atoms with Crippen LogP contribution in [-0.4, -0.2) is 23.2 Å². The number of aromatic nitrogens is 2. The molecule has 4 heteroatoms. The molecule has 1 N–H and O–H groups in total. The standard InChI is InChI=1S/C16H27N3O/c1-2-5-13(6-3-1)8-9-16-18-15(19-20-16)11-14-7-4-10-17-12-14/h13-14,17H,1-12H2. The molecule has 2 heterocycles. The highest BCUT2D eigenvalue weighted by atomic mass is 16.5. The van der Waals surface area contributed by atoms with Gasteiger partial charge in [0.15, 0.2) is 5.82 Å². The van der Waals surface area contributed by atoms with Gasteiger partial charge >= 0.3 is 0 Å². The van der Waals surface area contributed by atoms with Crippen LogP contribution in [0.4, 0.5) is 0 Å². The summed E-state index contributed by atoms with van der Waals surface area (Å²) in [4.78, 5) is 4.58. The van der Waals surface area contributed by atoms with Crippen LogP contribution >= 0.6 is 0 Å². The van der Waals surface area contributed by atoms with Crippen molar-refractivity contribution in [1.29, 1.82) is 0 Å². The molecule has 1 saturated carbocycles. The first-order valence-corrected chi connectivity index (χ1v) is 8.42. The molecule has 0 aromatic carbocycles. The molecule has 1 aliphatic carbocycles. The van der Waals surface area contributed by atoms with Crippen molar-refractivity contribution in [2.45, 2.75) is 64.2 Å². The molecule has 1 aromatic heterocycles. The van der Waals surface area contributed by atoms with Crippen LogP contribution < -0.4 is 5.32 Å². The molecule has 1 aromatic rings. The minimum atomic E-state index is 0.688. The maximum absolute atomic E-state index is 5.42. The zero-order valence-corrected chi connectivity index (χ0v) is 12.4. The van der Waals surface area contributed by atoms with E-state index in [4.69, 9.17) is 4.52 Å². The average molecular weight is 277 g/mol. The zero-order valence-electron chi connectivity index (χ0n) is 12.4. The first kappa shape index (κ1) is 14.1. The number of piperidine rings is 1. The van der Waals surface area contributed by atoms with Gasteiger partial charge in [-0.05, 0) is 44.2 Å². The lowest BCUT2D eigenvalue weighted by Gasteiger charge is -2.21. The van der Waals surface area contributed by atoms with E-state index < -0.39 is 0 Å². The SMILES string of the molecule is C1CCC(CCc2nc(CC3CCCNC3)no2)CC1. The van der Waals surface area contributed by atoms with E-state index in [1.807, 2.05) is 0 Å². The summed E-state index contributed by atoms with van der Waals surface area (Å²) in [5.74, 6) is 3.35. The van der Waals surface area contributed by atoms with E-state index in [9.17, 15) is 0 Å². The Morgan fingerprint density at radius 2 is 1.90 bits per heavy atom. The zero-order chi connectivity index (χ0) is 13.6. The summed E-state index contributed by atoms with van der Waals surface area (Å²) < 4.78 is 5.42. The third-order valence-corrected chi connectivity index (χ3v) is 4.87. The van der Waals surface area contributed by atoms with Crippen molar-refractivity contribution in [3.8, 4) is 0 Å². The van der Waals surface area contributed by atoms with Crippen LogP contribution in [0.5, 0.6) is 0 Å². The molecule has 4 nitrogen and oxygen atoms in total. The van der Waals surface area contributed by atoms with Crippen molar-refractivity contribution in [2.75, 3.05) is 13.1 Å². The van der Waals surface area contributed by atoms with Crippen molar-refractivity contribution in [3.05, 3.63) is 11.7 Å². The predicted molar refractivity (Wildman–Crippen MR) is 78.5 cm³/mol. The summed E-state index contributed by atoms with van der Waals surface area (Å²) in [6.07, 6.45) is 12.8. The predicted octanol–water partition coefficient (Wildman–Crippen LogP) is 3.12. The Morgan fingerprint density at radius 3 is 2.70 bits per heavy atom. The quantitative estimate of drug-likeness (QED) is 0.898. The fourth-order valence-electron chi connectivity index (χ4n) is 3.63. The number of aryl methyl sites for hydroxylation is 1. The van der Waals surface area contributed by atoms with Crippen molar-refractivity contribution < 1.29 is 4.52 Å². The van der Waals surface area contributed by atoms with E-state index in [2.05, 4.69) is 15.5 Å². The van der Waals surface area contributed by atoms with Crippen molar-refractivity contribution in [2.24, 2.45) is 11.8 Å². The van der Waals surface area contributed by atoms with Crippen molar-refractivity contribution in [3.63, 3.8) is 0 Å². The van der Waals surface area contributed by atoms with E-state index in [1.54, 1.807) is 0 Å². The Hall–Kier alpha value is -0.900. The lowest BCUT2D eigenvalue weighted by atomic mass is 9.86. The van der Waals surface area contributed by atoms with E-state index in [0.717, 1.165) is 43.6 Å². The normalized spacial score (nSPS) is 24.9. The molecule has 0 amide bonds. The van der Waals surface area contributed by atoms with Crippen molar-refractivity contribution in [1.82, 2.24) is 15.5 Å². The average Bonchev–Trinajstić information content (AvgIpc) is 2.95. The highest BCUT2D eigenvalue weighted by molar-refractivity contribution is 4.90. The fraction of sp³-hybridized carbons (Fsp3) is 0.875. The lowest BCUT2D eigenvalue weighted by molar-refractivity contribution is 0.312. The van der Waals surface area contributed by atoms with Crippen LogP contribution in [0.1, 0.15) is 63.1 Å². The van der Waals surface area contributed by atoms with Gasteiger partial charge in [-0.2, -0.15) is 4.98 Å². The minimum absolute atomic E-state index is 0.688. The minimum Gasteiger partial charge on any atom is -0.339 e. The van der Waals surface area contributed by atoms with Crippen LogP contribution in [0, 0.1) is 11.8 Å². The number of rotatable bonds is 5. The monoisotopic (exact) mass is 277 g/mol. The molecule has 1 atom stereocenters. The summed E-state index contributed by atoms with van der Waals surface area (Å²) >= 11 is 0. The van der Waals surface area contributed by atoms with E-state index >= 15 is 0 Å². The Kier molecular flexibility index (Phi) is 5.06. The van der Waals surface area contributed by atoms with Gasteiger partial charge in [-0.1, -0.05) is 37.3 Å². The molecular weight excluding hydrogens is 250 g/mol. The van der Waals surface area contributed by atoms with Crippen LogP contribution in [0.15, 0.2) is 4.52 Å². The molecule has 1 saturated heterocycles. The van der Waals surface area contributed by atoms with E-state index in [-0.39, 0.29) is 0 Å². The van der Waals surface area contributed by atoms with Gasteiger partial charge in [0.1, 0.15) is 0 Å². The number of nitrogens with one attached hydrogen (secondary N) is 1. The molecule has 1 unspecified atom stereocenters. The second-order valence-corrected chi connectivity index (χ2v) is 6.56. The Bertz CT molecular complexity index is 392. The topological polar surface area (TPSA) is 51.0 Å². The number of nitrogens with zero attached hydrogens (tertiary/aromatic N) is 2. The molecular formula is C16H27N3O. The molecule has 2 fully saturated rings. The van der Waals surface area contributed by atoms with Gasteiger partial charge in [-0.25, -0.2) is 0 Å². The van der Waals surface area contributed by atoms with Crippen LogP contribution in [-0.2, 0) is 12.8 Å². The van der Waals surface area contributed by atoms with E-state index in [1.165, 1.54) is 51.4 Å². The Balaban J connectivity index is 1.43. The first-order chi connectivity index (χ1) is 9.90. The third kappa shape index (κ3) is 4.05. The summed E-state index contributed by atoms with van der Waals surface area (Å²) in [5.41, 5.74) is 0. The van der Waals surface area contributed by atoms with Gasteiger partial charge in [-0.15, -0.1) is 0 Å². The molecule has 2 aliphatic rings. The summed E-state index contributed by atoms with van der Waals surface area (Å²) in [5, 5.41) is 7.60. The molecule has 112 valence electrons. The molecule has 0 bridgehead atoms. The third-order valence-electron chi connectivity index (χ3n) is 4.87. The summed E-state index contributed by atoms with van der Waals surface area (Å²) in [6, 6.07) is 0. The Labute approximate surface area is 121 Å². The molecule has 0 radical (unpaired) electrons. The van der Waals surface area contributed by atoms with Gasteiger partial charge < -0.3 is 9.84 Å². The van der Waals surface area contributed by atoms with Gasteiger partial charge in [0.2, 0.25) is 5.89 Å². The molecule has 1 aliphatic heterocycles. The Morgan fingerprint density at radius 1 is 1.05 bits per heavy atom. The van der Waals surface area contributed by atoms with Crippen LogP contribution in [0.3, 0.4) is 0 Å². The summed E-state index contributed by atoms with van der Waals surface area (Å²) in [7, 11) is 0. The number of hydrogen-bond donors (Lipinski definition) is 1. The highest BCUT2D eigenvalue weighted by Gasteiger charge is 2.18. The van der Waals surface area contributed by atoms with E-state index in [0.29, 0.717) is 5.92 Å². The molecule has 0 spiro atoms. The van der Waals surface area contributed by atoms with Gasteiger partial charge in [0.05, 0.1) is 0 Å². The van der Waals surface area contributed by atoms with Gasteiger partial charge in [0.25, 0.3) is 0 Å². The van der Waals surface area contributed by atoms with Crippen LogP contribution in [0.25, 0.3) is 0 Å². The maximum atomic E-state index is 5.42. The lowest BCUT2D eigenvalue weighted by Crippen LogP contribution is -2.31. The molecule has 3 rings (SSSR count). The maximum Gasteiger partial charge on any atom is 0.226 e. The summed E-state index contributed by atoms with van der Waals surface area (Å²) in [6.45, 7) is 2.27. The largest absolute Gasteiger partial charge is 0.339 e. The first-order valence-electron chi connectivity index (χ1n) is 8.42. The fourth-order valence-corrected chi connectivity index (χ4v) is 3.63. The van der Waals surface area contributed by atoms with Gasteiger partial charge in [-0.3, -0.25) is 0 Å².